The summed E-state index contributed by atoms with van der Waals surface area (Å²) in [6.45, 7) is 0. The zero-order chi connectivity index (χ0) is 11.1. The van der Waals surface area contributed by atoms with Crippen LogP contribution in [0.5, 0.6) is 0 Å². The fraction of sp³-hybridized carbons (Fsp3) is 0.250. The molecule has 0 amide bonds. The van der Waals surface area contributed by atoms with Crippen LogP contribution in [0.3, 0.4) is 0 Å². The van der Waals surface area contributed by atoms with Crippen molar-refractivity contribution in [3.63, 3.8) is 0 Å². The van der Waals surface area contributed by atoms with Crippen molar-refractivity contribution in [1.29, 1.82) is 0 Å². The molecule has 0 unspecified atom stereocenters. The van der Waals surface area contributed by atoms with Crippen LogP contribution in [0.25, 0.3) is 11.3 Å². The van der Waals surface area contributed by atoms with Crippen LogP contribution < -0.4 is 11.6 Å². The molecule has 3 rings (SSSR count). The molecule has 0 saturated heterocycles. The van der Waals surface area contributed by atoms with Crippen LogP contribution in [0.1, 0.15) is 24.6 Å². The highest BCUT2D eigenvalue weighted by Gasteiger charge is 2.30. The zero-order valence-electron chi connectivity index (χ0n) is 8.93. The number of imidazole rings is 1. The van der Waals surface area contributed by atoms with E-state index in [1.165, 1.54) is 17.5 Å². The van der Waals surface area contributed by atoms with Crippen LogP contribution in [0.2, 0.25) is 0 Å². The number of nitrogens with zero attached hydrogens (tertiary/aromatic N) is 2. The van der Waals surface area contributed by atoms with Crippen LogP contribution in [0.15, 0.2) is 30.3 Å². The first-order valence-electron chi connectivity index (χ1n) is 5.46. The molecule has 1 heterocycles. The Balaban J connectivity index is 2.11. The zero-order valence-corrected chi connectivity index (χ0v) is 8.93. The summed E-state index contributed by atoms with van der Waals surface area (Å²) >= 11 is 0. The maximum absolute atomic E-state index is 5.98. The van der Waals surface area contributed by atoms with E-state index in [-0.39, 0.29) is 0 Å². The lowest BCUT2D eigenvalue weighted by Gasteiger charge is -2.00. The average molecular weight is 214 g/mol. The van der Waals surface area contributed by atoms with Crippen molar-refractivity contribution in [3.8, 4) is 11.3 Å². The van der Waals surface area contributed by atoms with E-state index in [0.29, 0.717) is 11.7 Å². The summed E-state index contributed by atoms with van der Waals surface area (Å²) in [7, 11) is 0. The van der Waals surface area contributed by atoms with Crippen molar-refractivity contribution in [3.05, 3.63) is 36.2 Å². The summed E-state index contributed by atoms with van der Waals surface area (Å²) in [6.07, 6.45) is 2.34. The van der Waals surface area contributed by atoms with Crippen molar-refractivity contribution in [2.24, 2.45) is 0 Å². The second-order valence-corrected chi connectivity index (χ2v) is 4.21. The first kappa shape index (κ1) is 9.27. The molecule has 0 bridgehead atoms. The van der Waals surface area contributed by atoms with Crippen molar-refractivity contribution in [2.75, 3.05) is 11.6 Å². The van der Waals surface area contributed by atoms with Gasteiger partial charge in [-0.25, -0.2) is 9.66 Å². The highest BCUT2D eigenvalue weighted by Crippen LogP contribution is 2.41. The maximum Gasteiger partial charge on any atom is 0.150 e. The molecular weight excluding hydrogens is 200 g/mol. The average Bonchev–Trinajstić information content (AvgIpc) is 3.10. The molecule has 16 heavy (non-hydrogen) atoms. The Morgan fingerprint density at radius 2 is 1.88 bits per heavy atom. The molecule has 0 atom stereocenters. The number of rotatable bonds is 2. The molecule has 4 heteroatoms. The Bertz CT molecular complexity index is 511. The number of hydrogen-bond acceptors (Lipinski definition) is 3. The molecule has 1 fully saturated rings. The Morgan fingerprint density at radius 1 is 1.19 bits per heavy atom. The minimum Gasteiger partial charge on any atom is -0.382 e. The SMILES string of the molecule is Nc1c(-c2ccccc2)nc(C2CC2)n1N. The van der Waals surface area contributed by atoms with Crippen molar-refractivity contribution in [2.45, 2.75) is 18.8 Å². The van der Waals surface area contributed by atoms with E-state index in [9.17, 15) is 0 Å². The Hall–Kier alpha value is -1.97. The lowest BCUT2D eigenvalue weighted by Crippen LogP contribution is -2.14. The lowest BCUT2D eigenvalue weighted by molar-refractivity contribution is 0.855. The topological polar surface area (TPSA) is 69.9 Å². The third-order valence-corrected chi connectivity index (χ3v) is 2.97. The molecular formula is C12H14N4. The van der Waals surface area contributed by atoms with E-state index in [1.54, 1.807) is 0 Å². The second-order valence-electron chi connectivity index (χ2n) is 4.21. The van der Waals surface area contributed by atoms with E-state index < -0.39 is 0 Å². The lowest BCUT2D eigenvalue weighted by atomic mass is 10.1. The minimum absolute atomic E-state index is 0.504. The Kier molecular flexibility index (Phi) is 1.89. The largest absolute Gasteiger partial charge is 0.382 e. The van der Waals surface area contributed by atoms with Gasteiger partial charge < -0.3 is 11.6 Å². The van der Waals surface area contributed by atoms with Crippen molar-refractivity contribution < 1.29 is 0 Å². The summed E-state index contributed by atoms with van der Waals surface area (Å²) in [6, 6.07) is 9.91. The molecule has 4 nitrogen and oxygen atoms in total. The normalized spacial score (nSPS) is 15.2. The number of nitrogen functional groups attached to an aromatic ring is 2. The molecule has 0 radical (unpaired) electrons. The van der Waals surface area contributed by atoms with Crippen molar-refractivity contribution >= 4 is 5.82 Å². The summed E-state index contributed by atoms with van der Waals surface area (Å²) in [5.41, 5.74) is 7.79. The van der Waals surface area contributed by atoms with Crippen molar-refractivity contribution in [1.82, 2.24) is 9.66 Å². The van der Waals surface area contributed by atoms with E-state index in [4.69, 9.17) is 11.6 Å². The molecule has 1 aliphatic carbocycles. The number of anilines is 1. The van der Waals surface area contributed by atoms with Gasteiger partial charge in [-0.05, 0) is 12.8 Å². The van der Waals surface area contributed by atoms with Gasteiger partial charge in [0.1, 0.15) is 11.5 Å². The van der Waals surface area contributed by atoms with E-state index in [0.717, 1.165) is 17.1 Å². The summed E-state index contributed by atoms with van der Waals surface area (Å²) in [5, 5.41) is 0. The highest BCUT2D eigenvalue weighted by molar-refractivity contribution is 5.71. The van der Waals surface area contributed by atoms with Gasteiger partial charge >= 0.3 is 0 Å². The highest BCUT2D eigenvalue weighted by atomic mass is 15.4. The fourth-order valence-corrected chi connectivity index (χ4v) is 1.90. The standard InChI is InChI=1S/C12H14N4/c13-11-10(8-4-2-1-3-5-8)15-12(16(11)14)9-6-7-9/h1-5,9H,6-7,13-14H2. The van der Waals surface area contributed by atoms with E-state index >= 15 is 0 Å². The predicted octanol–water partition coefficient (Wildman–Crippen LogP) is 1.72. The van der Waals surface area contributed by atoms with Gasteiger partial charge in [0.25, 0.3) is 0 Å². The van der Waals surface area contributed by atoms with Gasteiger partial charge in [-0.1, -0.05) is 30.3 Å². The predicted molar refractivity (Wildman–Crippen MR) is 64.2 cm³/mol. The maximum atomic E-state index is 5.98. The van der Waals surface area contributed by atoms with Crippen LogP contribution in [0.4, 0.5) is 5.82 Å². The van der Waals surface area contributed by atoms with Gasteiger partial charge in [-0.15, -0.1) is 0 Å². The number of hydrogen-bond donors (Lipinski definition) is 2. The summed E-state index contributed by atoms with van der Waals surface area (Å²) in [5.74, 6) is 7.88. The molecule has 0 aliphatic heterocycles. The number of nitrogens with two attached hydrogens (primary N) is 2. The number of aromatic nitrogens is 2. The van der Waals surface area contributed by atoms with E-state index in [2.05, 4.69) is 4.98 Å². The second kappa shape index (κ2) is 3.27. The van der Waals surface area contributed by atoms with Gasteiger partial charge in [0.05, 0.1) is 0 Å². The van der Waals surface area contributed by atoms with Gasteiger partial charge in [0, 0.05) is 11.5 Å². The third kappa shape index (κ3) is 1.34. The molecule has 1 aromatic carbocycles. The van der Waals surface area contributed by atoms with Gasteiger partial charge in [-0.2, -0.15) is 0 Å². The monoisotopic (exact) mass is 214 g/mol. The van der Waals surface area contributed by atoms with Crippen LogP contribution in [-0.2, 0) is 0 Å². The Morgan fingerprint density at radius 3 is 2.50 bits per heavy atom. The quantitative estimate of drug-likeness (QED) is 0.748. The number of benzene rings is 1. The molecule has 1 aromatic heterocycles. The first-order valence-corrected chi connectivity index (χ1v) is 5.46. The molecule has 0 spiro atoms. The first-order chi connectivity index (χ1) is 7.77. The van der Waals surface area contributed by atoms with E-state index in [1.807, 2.05) is 30.3 Å². The summed E-state index contributed by atoms with van der Waals surface area (Å²) < 4.78 is 1.53. The fourth-order valence-electron chi connectivity index (χ4n) is 1.90. The molecule has 1 saturated carbocycles. The molecule has 1 aliphatic rings. The van der Waals surface area contributed by atoms with Crippen LogP contribution >= 0.6 is 0 Å². The Labute approximate surface area is 93.9 Å². The molecule has 82 valence electrons. The third-order valence-electron chi connectivity index (χ3n) is 2.97. The minimum atomic E-state index is 0.504. The van der Waals surface area contributed by atoms with Gasteiger partial charge in [0.2, 0.25) is 0 Å². The molecule has 4 N–H and O–H groups in total. The van der Waals surface area contributed by atoms with Crippen LogP contribution in [-0.4, -0.2) is 9.66 Å². The van der Waals surface area contributed by atoms with Gasteiger partial charge in [0.15, 0.2) is 5.82 Å². The smallest absolute Gasteiger partial charge is 0.150 e. The summed E-state index contributed by atoms with van der Waals surface area (Å²) in [4.78, 5) is 4.55. The van der Waals surface area contributed by atoms with Gasteiger partial charge in [-0.3, -0.25) is 0 Å². The van der Waals surface area contributed by atoms with Crippen LogP contribution in [0, 0.1) is 0 Å². The molecule has 2 aromatic rings.